The highest BCUT2D eigenvalue weighted by atomic mass is 32.2. The molecule has 9 unspecified atom stereocenters. The van der Waals surface area contributed by atoms with Crippen molar-refractivity contribution in [3.8, 4) is 0 Å². The Labute approximate surface area is 341 Å². The lowest BCUT2D eigenvalue weighted by molar-refractivity contribution is -0.142. The molecule has 0 aromatic rings. The van der Waals surface area contributed by atoms with E-state index in [2.05, 4.69) is 36.9 Å². The Morgan fingerprint density at radius 1 is 0.632 bits per heavy atom. The third-order valence-electron chi connectivity index (χ3n) is 8.63. The number of carbonyl (C=O) groups excluding carboxylic acids is 7. The number of nitrogens with one attached hydrogen (secondary N) is 6. The number of aliphatic hydroxyl groups excluding tert-OH is 1. The number of hydrogen-bond donors (Lipinski definition) is 12. The van der Waals surface area contributed by atoms with E-state index >= 15 is 0 Å². The standard InChI is InChI=1S/C34H63N11O10S2/c1-7-17(2)25(44-32(53)26(19(4)46)45-27(48)18(3)35)31(52)42-22(13-16-57-6)30(51)41-21(12-15-56-5)29(50)40-20(10-11-24(36)47)28(49)43-23(33(54)55)9-8-14-39-34(37)38/h17-23,25-26,46H,7-16,35H2,1-6H3,(H2,36,47)(H,40,50)(H,41,51)(H,42,52)(H,43,49)(H,44,53)(H,45,48)(H,54,55)(H4,37,38,39). The first kappa shape index (κ1) is 52.6. The van der Waals surface area contributed by atoms with Crippen LogP contribution >= 0.6 is 23.5 Å². The molecule has 57 heavy (non-hydrogen) atoms. The summed E-state index contributed by atoms with van der Waals surface area (Å²) >= 11 is 2.76. The van der Waals surface area contributed by atoms with E-state index in [1.807, 2.05) is 0 Å². The van der Waals surface area contributed by atoms with Crippen LogP contribution in [0.1, 0.15) is 72.6 Å². The molecule has 9 atom stereocenters. The molecule has 0 aliphatic heterocycles. The van der Waals surface area contributed by atoms with E-state index in [1.54, 1.807) is 26.4 Å². The van der Waals surface area contributed by atoms with Gasteiger partial charge in [0.2, 0.25) is 41.4 Å². The topological polar surface area (TPSA) is 366 Å². The number of hydrogen-bond acceptors (Lipinski definition) is 13. The zero-order chi connectivity index (χ0) is 43.8. The van der Waals surface area contributed by atoms with Crippen LogP contribution in [0.15, 0.2) is 4.99 Å². The lowest BCUT2D eigenvalue weighted by Gasteiger charge is -2.30. The SMILES string of the molecule is CCC(C)C(NC(=O)C(NC(=O)C(C)N)C(C)O)C(=O)NC(CCSC)C(=O)NC(CCSC)C(=O)NC(CCC(N)=O)C(=O)NC(CCCN=C(N)N)C(=O)O. The van der Waals surface area contributed by atoms with Gasteiger partial charge in [-0.3, -0.25) is 38.6 Å². The minimum absolute atomic E-state index is 0.0588. The second-order valence-corrected chi connectivity index (χ2v) is 15.5. The fraction of sp³-hybridized carbons (Fsp3) is 0.735. The van der Waals surface area contributed by atoms with Gasteiger partial charge in [0.05, 0.1) is 12.1 Å². The van der Waals surface area contributed by atoms with Crippen LogP contribution in [0.5, 0.6) is 0 Å². The summed E-state index contributed by atoms with van der Waals surface area (Å²) in [6, 6.07) is -8.88. The molecule has 0 saturated heterocycles. The number of primary amides is 1. The van der Waals surface area contributed by atoms with Gasteiger partial charge in [0, 0.05) is 13.0 Å². The summed E-state index contributed by atoms with van der Waals surface area (Å²) < 4.78 is 0. The molecule has 7 amide bonds. The highest BCUT2D eigenvalue weighted by molar-refractivity contribution is 7.98. The average molecular weight is 850 g/mol. The average Bonchev–Trinajstić information content (AvgIpc) is 3.14. The van der Waals surface area contributed by atoms with Crippen LogP contribution in [0.3, 0.4) is 0 Å². The molecule has 0 saturated carbocycles. The molecule has 0 heterocycles. The molecule has 23 heteroatoms. The normalized spacial score (nSPS) is 15.7. The first-order chi connectivity index (χ1) is 26.7. The van der Waals surface area contributed by atoms with Gasteiger partial charge in [-0.05, 0) is 75.9 Å². The molecule has 21 nitrogen and oxygen atoms in total. The zero-order valence-corrected chi connectivity index (χ0v) is 35.1. The lowest BCUT2D eigenvalue weighted by Crippen LogP contribution is -2.62. The predicted octanol–water partition coefficient (Wildman–Crippen LogP) is -3.42. The van der Waals surface area contributed by atoms with Gasteiger partial charge in [0.15, 0.2) is 5.96 Å². The van der Waals surface area contributed by atoms with E-state index in [1.165, 1.54) is 37.4 Å². The molecule has 0 fully saturated rings. The van der Waals surface area contributed by atoms with Crippen molar-refractivity contribution in [1.82, 2.24) is 31.9 Å². The fourth-order valence-corrected chi connectivity index (χ4v) is 5.98. The van der Waals surface area contributed by atoms with Crippen molar-refractivity contribution in [3.05, 3.63) is 0 Å². The van der Waals surface area contributed by atoms with Crippen molar-refractivity contribution in [1.29, 1.82) is 0 Å². The van der Waals surface area contributed by atoms with Gasteiger partial charge in [-0.2, -0.15) is 23.5 Å². The van der Waals surface area contributed by atoms with E-state index in [9.17, 15) is 48.6 Å². The van der Waals surface area contributed by atoms with Crippen molar-refractivity contribution < 1.29 is 48.6 Å². The van der Waals surface area contributed by atoms with E-state index in [0.29, 0.717) is 17.9 Å². The number of aliphatic carboxylic acids is 1. The Morgan fingerprint density at radius 3 is 1.47 bits per heavy atom. The number of nitrogens with zero attached hydrogens (tertiary/aromatic N) is 1. The smallest absolute Gasteiger partial charge is 0.326 e. The number of rotatable bonds is 29. The molecule has 0 radical (unpaired) electrons. The van der Waals surface area contributed by atoms with Crippen LogP contribution in [-0.2, 0) is 38.4 Å². The highest BCUT2D eigenvalue weighted by Gasteiger charge is 2.35. The molecule has 0 bridgehead atoms. The van der Waals surface area contributed by atoms with E-state index in [0.717, 1.165) is 0 Å². The third-order valence-corrected chi connectivity index (χ3v) is 9.92. The van der Waals surface area contributed by atoms with Crippen LogP contribution < -0.4 is 54.8 Å². The van der Waals surface area contributed by atoms with Crippen molar-refractivity contribution in [2.75, 3.05) is 30.6 Å². The van der Waals surface area contributed by atoms with Gasteiger partial charge in [0.25, 0.3) is 0 Å². The molecular formula is C34H63N11O10S2. The Hall–Kier alpha value is -4.35. The number of carboxylic acids is 1. The summed E-state index contributed by atoms with van der Waals surface area (Å²) in [5, 5.41) is 35.1. The fourth-order valence-electron chi connectivity index (χ4n) is 5.04. The highest BCUT2D eigenvalue weighted by Crippen LogP contribution is 2.12. The van der Waals surface area contributed by atoms with Crippen LogP contribution in [0.25, 0.3) is 0 Å². The molecule has 0 aromatic carbocycles. The third kappa shape index (κ3) is 21.1. The second kappa shape index (κ2) is 28.1. The first-order valence-electron chi connectivity index (χ1n) is 18.5. The number of guanidine groups is 1. The Balaban J connectivity index is 6.31. The van der Waals surface area contributed by atoms with Crippen LogP contribution in [-0.4, -0.2) is 142 Å². The van der Waals surface area contributed by atoms with E-state index in [4.69, 9.17) is 22.9 Å². The Kier molecular flexibility index (Phi) is 26.0. The number of carboxylic acid groups (broad SMARTS) is 1. The van der Waals surface area contributed by atoms with Crippen molar-refractivity contribution in [2.24, 2.45) is 33.8 Å². The summed E-state index contributed by atoms with van der Waals surface area (Å²) in [6.45, 7) is 6.26. The van der Waals surface area contributed by atoms with E-state index < -0.39 is 102 Å². The number of carbonyl (C=O) groups is 8. The molecule has 0 aliphatic carbocycles. The zero-order valence-electron chi connectivity index (χ0n) is 33.5. The minimum atomic E-state index is -1.44. The predicted molar refractivity (Wildman–Crippen MR) is 218 cm³/mol. The number of thioether (sulfide) groups is 2. The summed E-state index contributed by atoms with van der Waals surface area (Å²) in [6.07, 6.45) is 2.34. The summed E-state index contributed by atoms with van der Waals surface area (Å²) in [4.78, 5) is 107. The van der Waals surface area contributed by atoms with Crippen LogP contribution in [0.4, 0.5) is 0 Å². The van der Waals surface area contributed by atoms with Crippen molar-refractivity contribution in [2.45, 2.75) is 121 Å². The molecule has 0 rings (SSSR count). The van der Waals surface area contributed by atoms with Gasteiger partial charge in [0.1, 0.15) is 36.3 Å². The van der Waals surface area contributed by atoms with E-state index in [-0.39, 0.29) is 51.0 Å². The molecule has 0 aliphatic rings. The number of amides is 7. The number of nitrogens with two attached hydrogens (primary N) is 4. The van der Waals surface area contributed by atoms with Gasteiger partial charge < -0.3 is 65.0 Å². The largest absolute Gasteiger partial charge is 0.480 e. The minimum Gasteiger partial charge on any atom is -0.480 e. The van der Waals surface area contributed by atoms with Crippen molar-refractivity contribution >= 4 is 76.8 Å². The molecular weight excluding hydrogens is 787 g/mol. The summed E-state index contributed by atoms with van der Waals surface area (Å²) in [5.74, 6) is -6.78. The van der Waals surface area contributed by atoms with Crippen LogP contribution in [0.2, 0.25) is 0 Å². The maximum atomic E-state index is 13.8. The summed E-state index contributed by atoms with van der Waals surface area (Å²) in [7, 11) is 0. The molecule has 16 N–H and O–H groups in total. The molecule has 0 aromatic heterocycles. The monoisotopic (exact) mass is 849 g/mol. The van der Waals surface area contributed by atoms with Gasteiger partial charge >= 0.3 is 5.97 Å². The number of aliphatic hydroxyl groups is 1. The Morgan fingerprint density at radius 2 is 1.07 bits per heavy atom. The summed E-state index contributed by atoms with van der Waals surface area (Å²) in [5.41, 5.74) is 21.5. The van der Waals surface area contributed by atoms with Gasteiger partial charge in [-0.25, -0.2) is 4.79 Å². The first-order valence-corrected chi connectivity index (χ1v) is 21.3. The lowest BCUT2D eigenvalue weighted by atomic mass is 9.97. The molecule has 326 valence electrons. The molecule has 0 spiro atoms. The van der Waals surface area contributed by atoms with Gasteiger partial charge in [-0.1, -0.05) is 20.3 Å². The Bertz CT molecular complexity index is 1390. The number of aliphatic imine (C=N–C) groups is 1. The second-order valence-electron chi connectivity index (χ2n) is 13.5. The van der Waals surface area contributed by atoms with Crippen LogP contribution in [0, 0.1) is 5.92 Å². The van der Waals surface area contributed by atoms with Crippen molar-refractivity contribution in [3.63, 3.8) is 0 Å². The van der Waals surface area contributed by atoms with Gasteiger partial charge in [-0.15, -0.1) is 0 Å². The maximum Gasteiger partial charge on any atom is 0.326 e. The quantitative estimate of drug-likeness (QED) is 0.0198. The maximum absolute atomic E-state index is 13.8.